The Hall–Kier alpha value is -17.5. The molecule has 0 saturated heterocycles. The van der Waals surface area contributed by atoms with E-state index in [1.165, 1.54) is 296 Å². The Bertz CT molecular complexity index is 10100. The van der Waals surface area contributed by atoms with E-state index >= 15 is 0 Å². The molecule has 0 saturated carbocycles. The fourth-order valence-corrected chi connectivity index (χ4v) is 27.9. The minimum absolute atomic E-state index is 0.0270. The van der Waals surface area contributed by atoms with Crippen molar-refractivity contribution in [3.8, 4) is 156 Å². The fraction of sp³-hybridized carbons (Fsp3) is 0.0811. The maximum Gasteiger partial charge on any atom is 0.0355 e. The van der Waals surface area contributed by atoms with Crippen molar-refractivity contribution in [2.45, 2.75) is 77.0 Å². The summed E-state index contributed by atoms with van der Waals surface area (Å²) in [6.45, 7) is 19.0. The number of fused-ring (bicyclic) bond motifs is 22. The van der Waals surface area contributed by atoms with Crippen LogP contribution in [0, 0.1) is 0 Å². The van der Waals surface area contributed by atoms with Gasteiger partial charge in [0.15, 0.2) is 0 Å². The van der Waals surface area contributed by atoms with Crippen molar-refractivity contribution in [3.05, 3.63) is 542 Å². The van der Waals surface area contributed by atoms with Gasteiger partial charge in [-0.15, -0.1) is 11.3 Å². The Morgan fingerprint density at radius 3 is 0.839 bits per heavy atom. The maximum absolute atomic E-state index is 2.47. The number of hydrogen-bond acceptors (Lipinski definition) is 1. The molecule has 30 rings (SSSR count). The first-order valence-electron chi connectivity index (χ1n) is 52.6. The van der Waals surface area contributed by atoms with E-state index in [0.717, 1.165) is 0 Å². The van der Waals surface area contributed by atoms with E-state index in [9.17, 15) is 0 Å². The number of hydrogen-bond donors (Lipinski definition) is 0. The molecule has 0 atom stereocenters. The zero-order valence-electron chi connectivity index (χ0n) is 84.8. The van der Waals surface area contributed by atoms with E-state index in [-0.39, 0.29) is 21.7 Å². The van der Waals surface area contributed by atoms with Crippen LogP contribution in [0.3, 0.4) is 0 Å². The van der Waals surface area contributed by atoms with Gasteiger partial charge in [0.2, 0.25) is 0 Å². The van der Waals surface area contributed by atoms with Crippen molar-refractivity contribution in [2.24, 2.45) is 0 Å². The summed E-state index contributed by atoms with van der Waals surface area (Å²) in [7, 11) is 0. The molecule has 0 radical (unpaired) electrons. The lowest BCUT2D eigenvalue weighted by atomic mass is 9.79. The largest absolute Gasteiger partial charge is 0.135 e. The molecular weight excluding hydrogens is 1810 g/mol. The van der Waals surface area contributed by atoms with E-state index in [1.807, 2.05) is 11.3 Å². The van der Waals surface area contributed by atoms with Gasteiger partial charge in [-0.1, -0.05) is 510 Å². The van der Waals surface area contributed by atoms with Crippen molar-refractivity contribution in [1.29, 1.82) is 0 Å². The molecule has 0 amide bonds. The number of benzene rings is 25. The zero-order valence-corrected chi connectivity index (χ0v) is 85.6. The van der Waals surface area contributed by atoms with Crippen LogP contribution in [0.2, 0.25) is 0 Å². The predicted octanol–water partition coefficient (Wildman–Crippen LogP) is 41.4. The molecule has 1 aromatic heterocycles. The standard InChI is InChI=1S/C51H36.C50H38.C47H32S/c1-51(2)45-26-14-13-24-42(45)48-43(25-15-27-46(48)51)47-39-22-11-12-23-40(39)50(41-31-29-36(32-44(41)47)33-16-5-3-6-17-33)49-37-21-10-9-20-35(37)28-30-38(49)34-18-7-4-8-19-34;1-49(2)42-22-12-10-17-34(42)40-30-33(26-28-44(40)49)46-35-18-8-9-19-36(35)47(41-29-32(25-27-37(41)46)31-15-6-5-7-16-31)39-21-14-24-45-48(39)38-20-11-13-23-43(38)50(45,3)4;1-47(2)40-20-10-8-18-36(40)46-37(19-12-21-41(46)47)45-34-17-7-6-16-33(34)44(35-25-23-30(27-39(35)45)29-13-4-3-5-14-29)31-24-26-43-38(28-31)32-15-9-11-22-42(32)48-43/h3-32H,1-2H3;5-30H,1-4H3;3-28H,1-2H3. The Morgan fingerprint density at radius 1 is 0.121 bits per heavy atom. The topological polar surface area (TPSA) is 0 Å². The molecule has 4 aliphatic rings. The Labute approximate surface area is 874 Å². The minimum Gasteiger partial charge on any atom is -0.135 e. The molecule has 0 aliphatic heterocycles. The summed E-state index contributed by atoms with van der Waals surface area (Å²) in [4.78, 5) is 0. The second-order valence-corrected chi connectivity index (χ2v) is 44.4. The van der Waals surface area contributed by atoms with E-state index in [0.29, 0.717) is 0 Å². The normalized spacial score (nSPS) is 13.7. The lowest BCUT2D eigenvalue weighted by Gasteiger charge is -2.24. The summed E-state index contributed by atoms with van der Waals surface area (Å²) >= 11 is 1.88. The molecule has 0 bridgehead atoms. The SMILES string of the molecule is CC1(C)c2ccccc2-c2c(-c3c4ccccc4c(-c4c(-c5ccccc5)ccc5ccccc45)c4ccc(-c5ccccc5)cc34)cccc21.CC1(C)c2ccccc2-c2c(-c3c4ccccc4c(-c4ccc5sc6ccccc6c5c4)c4ccc(-c5ccccc5)cc34)cccc21.CC1(C)c2ccccc2-c2cc(-c3c4ccccc4c(-c4cccc5c4-c4ccccc4C5(C)C)c4cc(-c5ccccc5)ccc34)ccc21. The molecule has 1 heterocycles. The Kier molecular flexibility index (Phi) is 20.7. The van der Waals surface area contributed by atoms with E-state index < -0.39 is 0 Å². The fourth-order valence-electron chi connectivity index (χ4n) is 26.8. The van der Waals surface area contributed by atoms with Crippen molar-refractivity contribution in [2.75, 3.05) is 0 Å². The molecule has 0 nitrogen and oxygen atoms in total. The van der Waals surface area contributed by atoms with Crippen LogP contribution in [0.5, 0.6) is 0 Å². The van der Waals surface area contributed by atoms with Crippen LogP contribution < -0.4 is 0 Å². The molecule has 25 aromatic carbocycles. The highest BCUT2D eigenvalue weighted by atomic mass is 32.1. The van der Waals surface area contributed by atoms with E-state index in [1.54, 1.807) is 0 Å². The number of rotatable bonds is 10. The Morgan fingerprint density at radius 2 is 0.403 bits per heavy atom. The summed E-state index contributed by atoms with van der Waals surface area (Å²) in [6, 6.07) is 186. The van der Waals surface area contributed by atoms with Gasteiger partial charge >= 0.3 is 0 Å². The van der Waals surface area contributed by atoms with E-state index in [4.69, 9.17) is 0 Å². The third-order valence-electron chi connectivity index (χ3n) is 33.8. The zero-order chi connectivity index (χ0) is 99.9. The summed E-state index contributed by atoms with van der Waals surface area (Å²) in [6.07, 6.45) is 0. The predicted molar refractivity (Wildman–Crippen MR) is 639 cm³/mol. The second kappa shape index (κ2) is 34.6. The molecule has 0 unspecified atom stereocenters. The van der Waals surface area contributed by atoms with Crippen LogP contribution in [0.25, 0.3) is 251 Å². The summed E-state index contributed by atoms with van der Waals surface area (Å²) in [5.74, 6) is 0. The van der Waals surface area contributed by atoms with E-state index in [2.05, 4.69) is 553 Å². The molecule has 4 aliphatic carbocycles. The monoisotopic (exact) mass is 1910 g/mol. The van der Waals surface area contributed by atoms with Crippen molar-refractivity contribution in [3.63, 3.8) is 0 Å². The molecular formula is C148H106S. The van der Waals surface area contributed by atoms with Gasteiger partial charge in [-0.25, -0.2) is 0 Å². The smallest absolute Gasteiger partial charge is 0.0355 e. The van der Waals surface area contributed by atoms with Crippen LogP contribution in [0.1, 0.15) is 99.9 Å². The first kappa shape index (κ1) is 89.2. The molecule has 704 valence electrons. The molecule has 26 aromatic rings. The van der Waals surface area contributed by atoms with Crippen LogP contribution >= 0.6 is 11.3 Å². The molecule has 149 heavy (non-hydrogen) atoms. The molecule has 0 fully saturated rings. The first-order chi connectivity index (χ1) is 73.0. The van der Waals surface area contributed by atoms with Crippen molar-refractivity contribution >= 4 is 107 Å². The van der Waals surface area contributed by atoms with Crippen LogP contribution in [0.4, 0.5) is 0 Å². The van der Waals surface area contributed by atoms with Crippen LogP contribution in [-0.4, -0.2) is 0 Å². The second-order valence-electron chi connectivity index (χ2n) is 43.3. The molecule has 0 N–H and O–H groups in total. The quantitative estimate of drug-likeness (QED) is 0.120. The highest BCUT2D eigenvalue weighted by Crippen LogP contribution is 2.62. The number of thiophene rings is 1. The molecule has 0 spiro atoms. The van der Waals surface area contributed by atoms with Crippen LogP contribution in [0.15, 0.2) is 497 Å². The van der Waals surface area contributed by atoms with Gasteiger partial charge in [-0.05, 0) is 318 Å². The average molecular weight is 1920 g/mol. The third kappa shape index (κ3) is 13.9. The van der Waals surface area contributed by atoms with Crippen molar-refractivity contribution < 1.29 is 0 Å². The van der Waals surface area contributed by atoms with Gasteiger partial charge in [0.05, 0.1) is 0 Å². The summed E-state index contributed by atoms with van der Waals surface area (Å²) < 4.78 is 2.67. The summed E-state index contributed by atoms with van der Waals surface area (Å²) in [5, 5.41) is 20.5. The van der Waals surface area contributed by atoms with Gasteiger partial charge in [0.25, 0.3) is 0 Å². The lowest BCUT2D eigenvalue weighted by Crippen LogP contribution is -2.14. The molecule has 1 heteroatoms. The average Bonchev–Trinajstić information content (AvgIpc) is 1.68. The van der Waals surface area contributed by atoms with Gasteiger partial charge in [0.1, 0.15) is 0 Å². The van der Waals surface area contributed by atoms with Gasteiger partial charge in [-0.3, -0.25) is 0 Å². The summed E-state index contributed by atoms with van der Waals surface area (Å²) in [5.41, 5.74) is 47.2. The first-order valence-corrected chi connectivity index (χ1v) is 53.4. The third-order valence-corrected chi connectivity index (χ3v) is 35.0. The van der Waals surface area contributed by atoms with Crippen molar-refractivity contribution in [1.82, 2.24) is 0 Å². The van der Waals surface area contributed by atoms with Gasteiger partial charge < -0.3 is 0 Å². The highest BCUT2D eigenvalue weighted by Gasteiger charge is 2.43. The Balaban J connectivity index is 0.000000108. The lowest BCUT2D eigenvalue weighted by molar-refractivity contribution is 0.660. The minimum atomic E-state index is -0.0871. The maximum atomic E-state index is 2.47. The van der Waals surface area contributed by atoms with Gasteiger partial charge in [0, 0.05) is 41.8 Å². The highest BCUT2D eigenvalue weighted by molar-refractivity contribution is 7.25. The van der Waals surface area contributed by atoms with Gasteiger partial charge in [-0.2, -0.15) is 0 Å². The van der Waals surface area contributed by atoms with Crippen LogP contribution in [-0.2, 0) is 21.7 Å².